The molecule has 0 aliphatic rings. The number of halogens is 1. The SMILES string of the molecule is CCOc1cc(C=Cc2cc(OC)c(I)cc2OCC)c(C)cc1C#C[Si](C(C)C)(C(C)C)C(C)C. The fraction of sp³-hybridized carbons (Fsp3) is 0.484. The third kappa shape index (κ3) is 6.89. The summed E-state index contributed by atoms with van der Waals surface area (Å²) in [6.07, 6.45) is 4.20. The highest BCUT2D eigenvalue weighted by Gasteiger charge is 2.41. The summed E-state index contributed by atoms with van der Waals surface area (Å²) >= 11 is 2.27. The van der Waals surface area contributed by atoms with Crippen LogP contribution >= 0.6 is 22.6 Å². The summed E-state index contributed by atoms with van der Waals surface area (Å²) in [5.41, 5.74) is 9.86. The number of ether oxygens (including phenoxy) is 3. The summed E-state index contributed by atoms with van der Waals surface area (Å²) in [5.74, 6) is 6.13. The highest BCUT2D eigenvalue weighted by molar-refractivity contribution is 14.1. The maximum absolute atomic E-state index is 6.08. The van der Waals surface area contributed by atoms with E-state index in [9.17, 15) is 0 Å². The molecule has 0 N–H and O–H groups in total. The van der Waals surface area contributed by atoms with Crippen LogP contribution in [-0.2, 0) is 0 Å². The van der Waals surface area contributed by atoms with Gasteiger partial charge in [-0.2, -0.15) is 0 Å². The van der Waals surface area contributed by atoms with Gasteiger partial charge in [-0.15, -0.1) is 5.54 Å². The van der Waals surface area contributed by atoms with Crippen molar-refractivity contribution in [1.29, 1.82) is 0 Å². The summed E-state index contributed by atoms with van der Waals surface area (Å²) in [6.45, 7) is 21.4. The smallest absolute Gasteiger partial charge is 0.146 e. The molecule has 0 bridgehead atoms. The third-order valence-electron chi connectivity index (χ3n) is 6.97. The third-order valence-corrected chi connectivity index (χ3v) is 14.1. The van der Waals surface area contributed by atoms with E-state index in [1.54, 1.807) is 7.11 Å². The Balaban J connectivity index is 2.57. The molecule has 0 unspecified atom stereocenters. The molecule has 196 valence electrons. The van der Waals surface area contributed by atoms with Crippen LogP contribution in [0.2, 0.25) is 16.6 Å². The minimum atomic E-state index is -1.83. The number of methoxy groups -OCH3 is 1. The molecule has 3 nitrogen and oxygen atoms in total. The van der Waals surface area contributed by atoms with Crippen LogP contribution < -0.4 is 14.2 Å². The summed E-state index contributed by atoms with van der Waals surface area (Å²) < 4.78 is 18.5. The van der Waals surface area contributed by atoms with Crippen molar-refractivity contribution in [2.45, 2.75) is 78.9 Å². The highest BCUT2D eigenvalue weighted by Crippen LogP contribution is 2.41. The second-order valence-corrected chi connectivity index (χ2v) is 16.8. The van der Waals surface area contributed by atoms with Crippen LogP contribution in [0.15, 0.2) is 24.3 Å². The molecule has 0 aliphatic carbocycles. The van der Waals surface area contributed by atoms with E-state index in [-0.39, 0.29) is 0 Å². The predicted molar refractivity (Wildman–Crippen MR) is 166 cm³/mol. The van der Waals surface area contributed by atoms with Crippen molar-refractivity contribution in [3.05, 3.63) is 50.1 Å². The molecule has 0 spiro atoms. The van der Waals surface area contributed by atoms with Crippen molar-refractivity contribution < 1.29 is 14.2 Å². The van der Waals surface area contributed by atoms with Gasteiger partial charge in [0.15, 0.2) is 0 Å². The van der Waals surface area contributed by atoms with Crippen LogP contribution in [0.5, 0.6) is 17.2 Å². The average Bonchev–Trinajstić information content (AvgIpc) is 2.80. The second kappa shape index (κ2) is 13.6. The summed E-state index contributed by atoms with van der Waals surface area (Å²) in [7, 11) is -0.138. The maximum atomic E-state index is 6.08. The Morgan fingerprint density at radius 3 is 1.86 bits per heavy atom. The highest BCUT2D eigenvalue weighted by atomic mass is 127. The van der Waals surface area contributed by atoms with Gasteiger partial charge in [-0.3, -0.25) is 0 Å². The molecule has 2 aromatic rings. The van der Waals surface area contributed by atoms with Gasteiger partial charge in [0.05, 0.1) is 29.5 Å². The Morgan fingerprint density at radius 1 is 0.806 bits per heavy atom. The first-order valence-electron chi connectivity index (χ1n) is 13.0. The molecule has 0 fully saturated rings. The van der Waals surface area contributed by atoms with E-state index in [1.165, 1.54) is 5.56 Å². The molecule has 36 heavy (non-hydrogen) atoms. The first kappa shape index (κ1) is 30.3. The van der Waals surface area contributed by atoms with Crippen LogP contribution in [0.4, 0.5) is 0 Å². The standard InChI is InChI=1S/C31H43IO3Si/c1-11-34-29-18-25(13-14-26-19-31(33-10)28(32)20-30(26)35-12-2)24(9)17-27(29)15-16-36(21(3)4,22(5)6)23(7)8/h13-14,17-23H,11-12H2,1-10H3. The lowest BCUT2D eigenvalue weighted by atomic mass is 10.0. The fourth-order valence-corrected chi connectivity index (χ4v) is 11.0. The van der Waals surface area contributed by atoms with E-state index in [0.29, 0.717) is 29.8 Å². The van der Waals surface area contributed by atoms with Crippen LogP contribution in [-0.4, -0.2) is 28.4 Å². The Labute approximate surface area is 234 Å². The van der Waals surface area contributed by atoms with Crippen LogP contribution in [0, 0.1) is 22.0 Å². The van der Waals surface area contributed by atoms with Crippen molar-refractivity contribution in [1.82, 2.24) is 0 Å². The van der Waals surface area contributed by atoms with Gasteiger partial charge in [-0.1, -0.05) is 59.6 Å². The van der Waals surface area contributed by atoms with E-state index in [2.05, 4.69) is 107 Å². The van der Waals surface area contributed by atoms with Gasteiger partial charge in [-0.05, 0) is 95.4 Å². The maximum Gasteiger partial charge on any atom is 0.146 e. The molecule has 0 radical (unpaired) electrons. The number of benzene rings is 2. The minimum Gasteiger partial charge on any atom is -0.496 e. The zero-order valence-corrected chi connectivity index (χ0v) is 26.9. The zero-order chi connectivity index (χ0) is 27.0. The largest absolute Gasteiger partial charge is 0.496 e. The molecule has 0 saturated carbocycles. The van der Waals surface area contributed by atoms with Gasteiger partial charge in [0, 0.05) is 5.56 Å². The van der Waals surface area contributed by atoms with Gasteiger partial charge in [0.25, 0.3) is 0 Å². The van der Waals surface area contributed by atoms with Crippen molar-refractivity contribution in [2.24, 2.45) is 0 Å². The number of hydrogen-bond donors (Lipinski definition) is 0. The summed E-state index contributed by atoms with van der Waals surface area (Å²) in [5, 5.41) is 0. The average molecular weight is 619 g/mol. The number of rotatable bonds is 10. The molecule has 5 heteroatoms. The molecule has 0 heterocycles. The van der Waals surface area contributed by atoms with Gasteiger partial charge in [0.1, 0.15) is 25.3 Å². The van der Waals surface area contributed by atoms with E-state index < -0.39 is 8.07 Å². The van der Waals surface area contributed by atoms with Crippen molar-refractivity contribution in [2.75, 3.05) is 20.3 Å². The fourth-order valence-electron chi connectivity index (χ4n) is 5.16. The lowest BCUT2D eigenvalue weighted by Crippen LogP contribution is -2.43. The van der Waals surface area contributed by atoms with E-state index in [4.69, 9.17) is 14.2 Å². The van der Waals surface area contributed by atoms with Gasteiger partial charge >= 0.3 is 0 Å². The molecule has 0 aromatic heterocycles. The minimum absolute atomic E-state index is 0.592. The van der Waals surface area contributed by atoms with Crippen molar-refractivity contribution >= 4 is 42.8 Å². The topological polar surface area (TPSA) is 27.7 Å². The van der Waals surface area contributed by atoms with Crippen LogP contribution in [0.3, 0.4) is 0 Å². The quantitative estimate of drug-likeness (QED) is 0.115. The van der Waals surface area contributed by atoms with Gasteiger partial charge < -0.3 is 14.2 Å². The van der Waals surface area contributed by atoms with Crippen LogP contribution in [0.1, 0.15) is 77.6 Å². The lowest BCUT2D eigenvalue weighted by Gasteiger charge is -2.38. The Morgan fingerprint density at radius 2 is 1.33 bits per heavy atom. The summed E-state index contributed by atoms with van der Waals surface area (Å²) in [4.78, 5) is 0. The molecular weight excluding hydrogens is 575 g/mol. The van der Waals surface area contributed by atoms with E-state index in [0.717, 1.165) is 37.5 Å². The van der Waals surface area contributed by atoms with Gasteiger partial charge in [-0.25, -0.2) is 0 Å². The Hall–Kier alpha value is -1.91. The molecule has 2 rings (SSSR count). The second-order valence-electron chi connectivity index (χ2n) is 10.1. The molecule has 0 aliphatic heterocycles. The van der Waals surface area contributed by atoms with Crippen LogP contribution in [0.25, 0.3) is 12.2 Å². The molecule has 0 saturated heterocycles. The van der Waals surface area contributed by atoms with Crippen molar-refractivity contribution in [3.63, 3.8) is 0 Å². The molecule has 0 amide bonds. The monoisotopic (exact) mass is 618 g/mol. The molecular formula is C31H43IO3Si. The zero-order valence-electron chi connectivity index (χ0n) is 23.7. The first-order chi connectivity index (χ1) is 17.0. The first-order valence-corrected chi connectivity index (χ1v) is 16.3. The predicted octanol–water partition coefficient (Wildman–Crippen LogP) is 9.15. The number of hydrogen-bond acceptors (Lipinski definition) is 3. The molecule has 2 aromatic carbocycles. The van der Waals surface area contributed by atoms with E-state index >= 15 is 0 Å². The Bertz CT molecular complexity index is 1100. The van der Waals surface area contributed by atoms with Gasteiger partial charge in [0.2, 0.25) is 0 Å². The summed E-state index contributed by atoms with van der Waals surface area (Å²) in [6, 6.07) is 8.34. The number of aryl methyl sites for hydroxylation is 1. The van der Waals surface area contributed by atoms with E-state index in [1.807, 2.05) is 26.0 Å². The molecule has 0 atom stereocenters. The Kier molecular flexibility index (Phi) is 11.4. The normalized spacial score (nSPS) is 11.8. The van der Waals surface area contributed by atoms with Crippen molar-refractivity contribution in [3.8, 4) is 28.7 Å². The lowest BCUT2D eigenvalue weighted by molar-refractivity contribution is 0.337.